The fraction of sp³-hybridized carbons (Fsp3) is 0.200. The Balaban J connectivity index is 1.51. The molecule has 1 aliphatic heterocycles. The van der Waals surface area contributed by atoms with Crippen molar-refractivity contribution in [3.63, 3.8) is 0 Å². The van der Waals surface area contributed by atoms with E-state index in [2.05, 4.69) is 15.3 Å². The fourth-order valence-corrected chi connectivity index (χ4v) is 3.26. The maximum atomic E-state index is 12.7. The number of imidazole rings is 1. The molecule has 7 nitrogen and oxygen atoms in total. The van der Waals surface area contributed by atoms with E-state index in [1.165, 1.54) is 0 Å². The summed E-state index contributed by atoms with van der Waals surface area (Å²) in [7, 11) is 0. The molecule has 27 heavy (non-hydrogen) atoms. The van der Waals surface area contributed by atoms with Crippen molar-refractivity contribution in [2.45, 2.75) is 25.9 Å². The molecule has 3 aromatic rings. The van der Waals surface area contributed by atoms with Crippen LogP contribution >= 0.6 is 0 Å². The lowest BCUT2D eigenvalue weighted by molar-refractivity contribution is -0.125. The van der Waals surface area contributed by atoms with Gasteiger partial charge in [0.1, 0.15) is 11.9 Å². The Morgan fingerprint density at radius 3 is 2.22 bits per heavy atom. The van der Waals surface area contributed by atoms with Crippen LogP contribution in [0.5, 0.6) is 0 Å². The van der Waals surface area contributed by atoms with Gasteiger partial charge in [-0.25, -0.2) is 4.98 Å². The first-order chi connectivity index (χ1) is 13.0. The van der Waals surface area contributed by atoms with Gasteiger partial charge >= 0.3 is 0 Å². The van der Waals surface area contributed by atoms with Gasteiger partial charge in [-0.2, -0.15) is 0 Å². The number of fused-ring (bicyclic) bond motifs is 2. The summed E-state index contributed by atoms with van der Waals surface area (Å²) in [6, 6.07) is 12.8. The number of benzene rings is 2. The van der Waals surface area contributed by atoms with Gasteiger partial charge in [0, 0.05) is 0 Å². The highest BCUT2D eigenvalue weighted by Gasteiger charge is 2.40. The van der Waals surface area contributed by atoms with E-state index in [-0.39, 0.29) is 0 Å². The number of aromatic nitrogens is 2. The van der Waals surface area contributed by atoms with Crippen LogP contribution in [0, 0.1) is 0 Å². The van der Waals surface area contributed by atoms with Crippen LogP contribution in [0.25, 0.3) is 11.0 Å². The van der Waals surface area contributed by atoms with Crippen LogP contribution in [0.2, 0.25) is 0 Å². The number of imide groups is 1. The van der Waals surface area contributed by atoms with E-state index in [4.69, 9.17) is 0 Å². The fourth-order valence-electron chi connectivity index (χ4n) is 3.26. The summed E-state index contributed by atoms with van der Waals surface area (Å²) >= 11 is 0. The van der Waals surface area contributed by atoms with Gasteiger partial charge in [-0.3, -0.25) is 19.3 Å². The van der Waals surface area contributed by atoms with Gasteiger partial charge in [0.05, 0.1) is 28.2 Å². The first-order valence-corrected chi connectivity index (χ1v) is 8.69. The Bertz CT molecular complexity index is 1000. The van der Waals surface area contributed by atoms with Gasteiger partial charge in [0.25, 0.3) is 11.8 Å². The summed E-state index contributed by atoms with van der Waals surface area (Å²) in [5.74, 6) is -0.708. The number of hydrogen-bond acceptors (Lipinski definition) is 4. The lowest BCUT2D eigenvalue weighted by Gasteiger charge is -2.23. The number of rotatable bonds is 4. The predicted octanol–water partition coefficient (Wildman–Crippen LogP) is 2.42. The highest BCUT2D eigenvalue weighted by Crippen LogP contribution is 2.25. The van der Waals surface area contributed by atoms with E-state index in [0.29, 0.717) is 17.0 Å². The van der Waals surface area contributed by atoms with Crippen LogP contribution in [0.15, 0.2) is 48.5 Å². The van der Waals surface area contributed by atoms with E-state index >= 15 is 0 Å². The average Bonchev–Trinajstić information content (AvgIpc) is 3.21. The van der Waals surface area contributed by atoms with Crippen LogP contribution in [0.1, 0.15) is 46.4 Å². The SMILES string of the molecule is CC(C(=O)N[C@@H](C)c1nc2ccccc2[nH]1)N1C(=O)c2ccccc2C1=O. The van der Waals surface area contributed by atoms with E-state index in [1.807, 2.05) is 24.3 Å². The molecule has 0 saturated heterocycles. The Hall–Kier alpha value is -3.48. The lowest BCUT2D eigenvalue weighted by Crippen LogP contribution is -2.48. The molecule has 2 heterocycles. The summed E-state index contributed by atoms with van der Waals surface area (Å²) in [6.07, 6.45) is 0. The quantitative estimate of drug-likeness (QED) is 0.697. The van der Waals surface area contributed by atoms with Crippen LogP contribution in [-0.2, 0) is 4.79 Å². The normalized spacial score (nSPS) is 15.7. The highest BCUT2D eigenvalue weighted by atomic mass is 16.2. The molecule has 136 valence electrons. The number of H-pyrrole nitrogens is 1. The first kappa shape index (κ1) is 17.0. The number of carbonyl (C=O) groups is 3. The molecule has 0 fully saturated rings. The highest BCUT2D eigenvalue weighted by molar-refractivity contribution is 6.22. The van der Waals surface area contributed by atoms with Gasteiger partial charge in [0.2, 0.25) is 5.91 Å². The van der Waals surface area contributed by atoms with Gasteiger partial charge in [-0.05, 0) is 38.1 Å². The summed E-state index contributed by atoms with van der Waals surface area (Å²) in [6.45, 7) is 3.34. The smallest absolute Gasteiger partial charge is 0.262 e. The molecule has 0 radical (unpaired) electrons. The van der Waals surface area contributed by atoms with E-state index in [1.54, 1.807) is 38.1 Å². The zero-order valence-corrected chi connectivity index (χ0v) is 14.9. The van der Waals surface area contributed by atoms with Crippen molar-refractivity contribution in [2.24, 2.45) is 0 Å². The standard InChI is InChI=1S/C20H18N4O3/c1-11(17-22-15-9-5-6-10-16(15)23-17)21-18(25)12(2)24-19(26)13-7-3-4-8-14(13)20(24)27/h3-12H,1-2H3,(H,21,25)(H,22,23)/t11-,12?/m0/s1. The minimum atomic E-state index is -0.927. The third-order valence-electron chi connectivity index (χ3n) is 4.77. The molecule has 4 rings (SSSR count). The molecule has 0 bridgehead atoms. The topological polar surface area (TPSA) is 95.2 Å². The van der Waals surface area contributed by atoms with Crippen molar-refractivity contribution in [2.75, 3.05) is 0 Å². The Kier molecular flexibility index (Phi) is 3.99. The minimum absolute atomic E-state index is 0.326. The molecule has 2 N–H and O–H groups in total. The molecule has 1 unspecified atom stereocenters. The lowest BCUT2D eigenvalue weighted by atomic mass is 10.1. The number of aromatic amines is 1. The summed E-state index contributed by atoms with van der Waals surface area (Å²) in [5.41, 5.74) is 2.34. The van der Waals surface area contributed by atoms with Crippen LogP contribution < -0.4 is 5.32 Å². The second-order valence-corrected chi connectivity index (χ2v) is 6.57. The molecule has 0 saturated carbocycles. The number of hydrogen-bond donors (Lipinski definition) is 2. The molecule has 1 aromatic heterocycles. The van der Waals surface area contributed by atoms with E-state index in [0.717, 1.165) is 15.9 Å². The molecule has 2 aromatic carbocycles. The number of amides is 3. The van der Waals surface area contributed by atoms with Gasteiger partial charge < -0.3 is 10.3 Å². The maximum absolute atomic E-state index is 12.7. The Labute approximate surface area is 155 Å². The van der Waals surface area contributed by atoms with Crippen molar-refractivity contribution in [3.05, 3.63) is 65.5 Å². The molecular weight excluding hydrogens is 344 g/mol. The molecule has 7 heteroatoms. The van der Waals surface area contributed by atoms with Crippen molar-refractivity contribution in [3.8, 4) is 0 Å². The Morgan fingerprint density at radius 2 is 1.59 bits per heavy atom. The van der Waals surface area contributed by atoms with Crippen LogP contribution in [0.4, 0.5) is 0 Å². The zero-order valence-electron chi connectivity index (χ0n) is 14.9. The van der Waals surface area contributed by atoms with E-state index in [9.17, 15) is 14.4 Å². The first-order valence-electron chi connectivity index (χ1n) is 8.69. The second kappa shape index (κ2) is 6.35. The van der Waals surface area contributed by atoms with Crippen molar-refractivity contribution >= 4 is 28.8 Å². The predicted molar refractivity (Wildman–Crippen MR) is 99.1 cm³/mol. The maximum Gasteiger partial charge on any atom is 0.262 e. The second-order valence-electron chi connectivity index (χ2n) is 6.57. The van der Waals surface area contributed by atoms with Crippen molar-refractivity contribution in [1.82, 2.24) is 20.2 Å². The van der Waals surface area contributed by atoms with Gasteiger partial charge in [-0.15, -0.1) is 0 Å². The third kappa shape index (κ3) is 2.77. The molecule has 0 aliphatic carbocycles. The summed E-state index contributed by atoms with van der Waals surface area (Å²) in [5, 5.41) is 2.82. The Morgan fingerprint density at radius 1 is 1.00 bits per heavy atom. The third-order valence-corrected chi connectivity index (χ3v) is 4.77. The van der Waals surface area contributed by atoms with Crippen LogP contribution in [0.3, 0.4) is 0 Å². The minimum Gasteiger partial charge on any atom is -0.345 e. The van der Waals surface area contributed by atoms with Crippen molar-refractivity contribution < 1.29 is 14.4 Å². The largest absolute Gasteiger partial charge is 0.345 e. The number of nitrogens with one attached hydrogen (secondary N) is 2. The molecule has 0 spiro atoms. The van der Waals surface area contributed by atoms with Crippen molar-refractivity contribution in [1.29, 1.82) is 0 Å². The summed E-state index contributed by atoms with van der Waals surface area (Å²) < 4.78 is 0. The molecule has 2 atom stereocenters. The van der Waals surface area contributed by atoms with Gasteiger partial charge in [0.15, 0.2) is 0 Å². The number of carbonyl (C=O) groups excluding carboxylic acids is 3. The molecule has 3 amide bonds. The molecule has 1 aliphatic rings. The molecular formula is C20H18N4O3. The number of nitrogens with zero attached hydrogens (tertiary/aromatic N) is 2. The van der Waals surface area contributed by atoms with Gasteiger partial charge in [-0.1, -0.05) is 24.3 Å². The zero-order chi connectivity index (χ0) is 19.1. The van der Waals surface area contributed by atoms with E-state index < -0.39 is 29.8 Å². The van der Waals surface area contributed by atoms with Crippen LogP contribution in [-0.4, -0.2) is 38.6 Å². The monoisotopic (exact) mass is 362 g/mol. The average molecular weight is 362 g/mol. The number of para-hydroxylation sites is 2. The summed E-state index contributed by atoms with van der Waals surface area (Å²) in [4.78, 5) is 46.4.